The Morgan fingerprint density at radius 2 is 1.95 bits per heavy atom. The molecule has 0 spiro atoms. The van der Waals surface area contributed by atoms with Crippen LogP contribution < -0.4 is 11.1 Å². The summed E-state index contributed by atoms with van der Waals surface area (Å²) in [6.07, 6.45) is 5.64. The van der Waals surface area contributed by atoms with Gasteiger partial charge in [0.2, 0.25) is 5.91 Å². The zero-order valence-corrected chi connectivity index (χ0v) is 11.8. The van der Waals surface area contributed by atoms with Gasteiger partial charge in [-0.05, 0) is 30.7 Å². The molecule has 1 aliphatic rings. The molecule has 19 heavy (non-hydrogen) atoms. The summed E-state index contributed by atoms with van der Waals surface area (Å²) in [6, 6.07) is 0. The lowest BCUT2D eigenvalue weighted by molar-refractivity contribution is -0.140. The molecular weight excluding hydrogens is 244 g/mol. The number of nitrogens with one attached hydrogen (secondary N) is 1. The Balaban J connectivity index is 2.48. The number of hydrogen-bond donors (Lipinski definition) is 3. The van der Waals surface area contributed by atoms with E-state index in [2.05, 4.69) is 5.32 Å². The van der Waals surface area contributed by atoms with Gasteiger partial charge in [0, 0.05) is 13.0 Å². The average Bonchev–Trinajstić information content (AvgIpc) is 2.36. The average molecular weight is 270 g/mol. The highest BCUT2D eigenvalue weighted by molar-refractivity contribution is 5.76. The molecular formula is C14H26N2O3. The minimum Gasteiger partial charge on any atom is -0.481 e. The van der Waals surface area contributed by atoms with E-state index in [-0.39, 0.29) is 23.7 Å². The smallest absolute Gasteiger partial charge is 0.303 e. The van der Waals surface area contributed by atoms with Gasteiger partial charge in [-0.3, -0.25) is 9.59 Å². The Morgan fingerprint density at radius 1 is 1.32 bits per heavy atom. The summed E-state index contributed by atoms with van der Waals surface area (Å²) in [5.41, 5.74) is 5.25. The highest BCUT2D eigenvalue weighted by Gasteiger charge is 2.34. The lowest BCUT2D eigenvalue weighted by atomic mass is 9.71. The predicted octanol–water partition coefficient (Wildman–Crippen LogP) is 1.51. The molecule has 1 atom stereocenters. The first-order valence-electron chi connectivity index (χ1n) is 7.16. The van der Waals surface area contributed by atoms with Crippen molar-refractivity contribution >= 4 is 11.9 Å². The zero-order valence-electron chi connectivity index (χ0n) is 11.8. The molecule has 0 bridgehead atoms. The molecule has 110 valence electrons. The number of aliphatic carboxylic acids is 1. The molecule has 1 fully saturated rings. The van der Waals surface area contributed by atoms with Crippen molar-refractivity contribution in [1.82, 2.24) is 5.32 Å². The van der Waals surface area contributed by atoms with Gasteiger partial charge in [-0.25, -0.2) is 0 Å². The van der Waals surface area contributed by atoms with Crippen LogP contribution in [0, 0.1) is 11.3 Å². The maximum absolute atomic E-state index is 11.8. The van der Waals surface area contributed by atoms with Gasteiger partial charge in [0.1, 0.15) is 0 Å². The monoisotopic (exact) mass is 270 g/mol. The number of carbonyl (C=O) groups is 2. The first kappa shape index (κ1) is 16.0. The first-order valence-corrected chi connectivity index (χ1v) is 7.16. The van der Waals surface area contributed by atoms with Crippen molar-refractivity contribution in [2.24, 2.45) is 17.1 Å². The Kier molecular flexibility index (Phi) is 6.28. The lowest BCUT2D eigenvalue weighted by Gasteiger charge is -2.36. The van der Waals surface area contributed by atoms with Crippen LogP contribution in [-0.2, 0) is 9.59 Å². The van der Waals surface area contributed by atoms with Gasteiger partial charge in [0.15, 0.2) is 0 Å². The van der Waals surface area contributed by atoms with Crippen LogP contribution in [0.15, 0.2) is 0 Å². The molecule has 1 saturated carbocycles. The summed E-state index contributed by atoms with van der Waals surface area (Å²) in [6.45, 7) is 2.91. The second kappa shape index (κ2) is 7.48. The second-order valence-corrected chi connectivity index (χ2v) is 5.95. The minimum atomic E-state index is -0.772. The van der Waals surface area contributed by atoms with Crippen LogP contribution in [0.1, 0.15) is 51.9 Å². The number of amides is 1. The Labute approximate surface area is 114 Å². The SMILES string of the molecule is CC(CN)CC(=O)NCC1(CC(=O)O)CCCCC1. The van der Waals surface area contributed by atoms with Crippen molar-refractivity contribution in [3.05, 3.63) is 0 Å². The second-order valence-electron chi connectivity index (χ2n) is 5.95. The Hall–Kier alpha value is -1.10. The molecule has 0 saturated heterocycles. The first-order chi connectivity index (χ1) is 8.97. The fraction of sp³-hybridized carbons (Fsp3) is 0.857. The van der Waals surface area contributed by atoms with Gasteiger partial charge in [-0.1, -0.05) is 26.2 Å². The van der Waals surface area contributed by atoms with Crippen molar-refractivity contribution in [3.8, 4) is 0 Å². The summed E-state index contributed by atoms with van der Waals surface area (Å²) in [5, 5.41) is 12.0. The molecule has 1 unspecified atom stereocenters. The quantitative estimate of drug-likeness (QED) is 0.654. The van der Waals surface area contributed by atoms with E-state index < -0.39 is 5.97 Å². The summed E-state index contributed by atoms with van der Waals surface area (Å²) in [4.78, 5) is 22.8. The third-order valence-corrected chi connectivity index (χ3v) is 4.04. The number of carboxylic acid groups (broad SMARTS) is 1. The van der Waals surface area contributed by atoms with Gasteiger partial charge in [0.05, 0.1) is 6.42 Å². The van der Waals surface area contributed by atoms with Gasteiger partial charge in [-0.15, -0.1) is 0 Å². The van der Waals surface area contributed by atoms with Crippen molar-refractivity contribution in [1.29, 1.82) is 0 Å². The molecule has 1 aliphatic carbocycles. The Morgan fingerprint density at radius 3 is 2.47 bits per heavy atom. The molecule has 5 nitrogen and oxygen atoms in total. The zero-order chi connectivity index (χ0) is 14.3. The van der Waals surface area contributed by atoms with E-state index >= 15 is 0 Å². The lowest BCUT2D eigenvalue weighted by Crippen LogP contribution is -2.41. The number of nitrogens with two attached hydrogens (primary N) is 1. The van der Waals surface area contributed by atoms with Crippen LogP contribution in [0.5, 0.6) is 0 Å². The molecule has 1 rings (SSSR count). The Bertz CT molecular complexity index is 312. The van der Waals surface area contributed by atoms with Gasteiger partial charge in [0.25, 0.3) is 0 Å². The van der Waals surface area contributed by atoms with Gasteiger partial charge < -0.3 is 16.2 Å². The summed E-state index contributed by atoms with van der Waals surface area (Å²) in [7, 11) is 0. The summed E-state index contributed by atoms with van der Waals surface area (Å²) in [5.74, 6) is -0.624. The van der Waals surface area contributed by atoms with E-state index in [9.17, 15) is 9.59 Å². The molecule has 5 heteroatoms. The maximum atomic E-state index is 11.8. The van der Waals surface area contributed by atoms with Crippen LogP contribution in [-0.4, -0.2) is 30.1 Å². The molecule has 0 heterocycles. The topological polar surface area (TPSA) is 92.4 Å². The number of hydrogen-bond acceptors (Lipinski definition) is 3. The minimum absolute atomic E-state index is 0.0201. The molecule has 0 aromatic rings. The van der Waals surface area contributed by atoms with E-state index in [0.29, 0.717) is 19.5 Å². The standard InChI is InChI=1S/C14H26N2O3/c1-11(9-15)7-12(17)16-10-14(8-13(18)19)5-3-2-4-6-14/h11H,2-10,15H2,1H3,(H,16,17)(H,18,19). The normalized spacial score (nSPS) is 19.7. The van der Waals surface area contributed by atoms with Crippen molar-refractivity contribution in [3.63, 3.8) is 0 Å². The molecule has 0 aromatic carbocycles. The predicted molar refractivity (Wildman–Crippen MR) is 73.6 cm³/mol. The van der Waals surface area contributed by atoms with Crippen molar-refractivity contribution in [2.45, 2.75) is 51.9 Å². The molecule has 1 amide bonds. The van der Waals surface area contributed by atoms with Crippen LogP contribution in [0.3, 0.4) is 0 Å². The number of carbonyl (C=O) groups excluding carboxylic acids is 1. The van der Waals surface area contributed by atoms with E-state index in [1.54, 1.807) is 0 Å². The maximum Gasteiger partial charge on any atom is 0.303 e. The van der Waals surface area contributed by atoms with E-state index in [1.165, 1.54) is 6.42 Å². The van der Waals surface area contributed by atoms with Crippen molar-refractivity contribution < 1.29 is 14.7 Å². The largest absolute Gasteiger partial charge is 0.481 e. The van der Waals surface area contributed by atoms with Crippen LogP contribution in [0.4, 0.5) is 0 Å². The molecule has 4 N–H and O–H groups in total. The highest BCUT2D eigenvalue weighted by Crippen LogP contribution is 2.38. The van der Waals surface area contributed by atoms with E-state index in [4.69, 9.17) is 10.8 Å². The summed E-state index contributed by atoms with van der Waals surface area (Å²) >= 11 is 0. The fourth-order valence-electron chi connectivity index (χ4n) is 2.80. The third kappa shape index (κ3) is 5.59. The number of carboxylic acids is 1. The van der Waals surface area contributed by atoms with E-state index in [0.717, 1.165) is 25.7 Å². The summed E-state index contributed by atoms with van der Waals surface area (Å²) < 4.78 is 0. The molecule has 0 aliphatic heterocycles. The van der Waals surface area contributed by atoms with E-state index in [1.807, 2.05) is 6.92 Å². The van der Waals surface area contributed by atoms with Crippen LogP contribution >= 0.6 is 0 Å². The van der Waals surface area contributed by atoms with Crippen LogP contribution in [0.2, 0.25) is 0 Å². The fourth-order valence-corrected chi connectivity index (χ4v) is 2.80. The van der Waals surface area contributed by atoms with Crippen molar-refractivity contribution in [2.75, 3.05) is 13.1 Å². The van der Waals surface area contributed by atoms with Gasteiger partial charge >= 0.3 is 5.97 Å². The van der Waals surface area contributed by atoms with Gasteiger partial charge in [-0.2, -0.15) is 0 Å². The highest BCUT2D eigenvalue weighted by atomic mass is 16.4. The molecule has 0 radical (unpaired) electrons. The molecule has 0 aromatic heterocycles. The number of rotatable bonds is 7. The van der Waals surface area contributed by atoms with Crippen LogP contribution in [0.25, 0.3) is 0 Å². The third-order valence-electron chi connectivity index (χ3n) is 4.04.